The number of piperidine rings is 2. The quantitative estimate of drug-likeness (QED) is 0.0724. The Morgan fingerprint density at radius 1 is 0.747 bits per heavy atom. The maximum absolute atomic E-state index is 14.8. The largest absolute Gasteiger partial charge is 0.479 e. The monoisotopic (exact) mass is 1030 g/mol. The molecule has 2 N–H and O–H groups in total. The number of amides is 1. The van der Waals surface area contributed by atoms with Gasteiger partial charge in [-0.15, -0.1) is 0 Å². The molecule has 6 aromatic rings. The number of benzene rings is 4. The van der Waals surface area contributed by atoms with Crippen molar-refractivity contribution in [3.63, 3.8) is 0 Å². The summed E-state index contributed by atoms with van der Waals surface area (Å²) in [4.78, 5) is 49.3. The fraction of sp³-hybridized carbons (Fsp3) is 0.456. The average Bonchev–Trinajstić information content (AvgIpc) is 4.09. The summed E-state index contributed by atoms with van der Waals surface area (Å²) in [7, 11) is 3.37. The summed E-state index contributed by atoms with van der Waals surface area (Å²) >= 11 is 0. The predicted octanol–water partition coefficient (Wildman–Crippen LogP) is 10.7. The first kappa shape index (κ1) is 55.7. The van der Waals surface area contributed by atoms with Crippen molar-refractivity contribution in [1.29, 1.82) is 0 Å². The molecular formula is C57H70FN7O10. The molecule has 0 saturated carbocycles. The number of aromatic nitrogens is 4. The maximum Gasteiger partial charge on any atom is 0.333 e. The summed E-state index contributed by atoms with van der Waals surface area (Å²) in [6.07, 6.45) is 6.31. The van der Waals surface area contributed by atoms with Crippen molar-refractivity contribution in [2.75, 3.05) is 50.3 Å². The number of rotatable bonds is 19. The van der Waals surface area contributed by atoms with Gasteiger partial charge in [0.2, 0.25) is 11.6 Å². The van der Waals surface area contributed by atoms with E-state index in [1.807, 2.05) is 63.2 Å². The Morgan fingerprint density at radius 2 is 1.29 bits per heavy atom. The first-order valence-corrected chi connectivity index (χ1v) is 25.7. The number of hydrogen-bond acceptors (Lipinski definition) is 15. The van der Waals surface area contributed by atoms with E-state index in [0.29, 0.717) is 48.5 Å². The number of aliphatic carboxylic acids is 1. The Hall–Kier alpha value is -7.02. The van der Waals surface area contributed by atoms with Gasteiger partial charge in [-0.3, -0.25) is 9.59 Å². The summed E-state index contributed by atoms with van der Waals surface area (Å²) in [5.74, 6) is -1.35. The molecule has 0 radical (unpaired) electrons. The molecule has 2 aliphatic rings. The lowest BCUT2D eigenvalue weighted by Gasteiger charge is -2.36. The number of methoxy groups -OCH3 is 2. The third-order valence-electron chi connectivity index (χ3n) is 13.3. The molecule has 4 aromatic carbocycles. The minimum absolute atomic E-state index is 0.00898. The molecule has 3 atom stereocenters. The van der Waals surface area contributed by atoms with Crippen LogP contribution >= 0.6 is 0 Å². The van der Waals surface area contributed by atoms with Crippen molar-refractivity contribution in [1.82, 2.24) is 25.6 Å². The van der Waals surface area contributed by atoms with E-state index >= 15 is 0 Å². The van der Waals surface area contributed by atoms with Gasteiger partial charge in [0.25, 0.3) is 17.7 Å². The van der Waals surface area contributed by atoms with E-state index in [-0.39, 0.29) is 37.6 Å². The number of halogens is 1. The van der Waals surface area contributed by atoms with Gasteiger partial charge in [-0.2, -0.15) is 9.97 Å². The van der Waals surface area contributed by atoms with E-state index in [1.165, 1.54) is 43.5 Å². The number of carboxylic acids is 1. The average molecular weight is 1030 g/mol. The third-order valence-corrected chi connectivity index (χ3v) is 13.3. The SMILES string of the molecule is CCOC(=O)CCNC(=O)c1ccc(-c2noc(-c3ccc(N4CCCCC4C)c(COC)c3)n2)cc1F.COCc1cc(-c2nc(-c3cccc(COC(C(=O)O)C(C)(C)C)c3)no2)ccc1N1CCCCC1C. The summed E-state index contributed by atoms with van der Waals surface area (Å²) in [6, 6.07) is 24.8. The normalized spacial score (nSPS) is 16.2. The fourth-order valence-corrected chi connectivity index (χ4v) is 9.48. The van der Waals surface area contributed by atoms with E-state index in [9.17, 15) is 23.9 Å². The number of hydrogen-bond donors (Lipinski definition) is 2. The second-order valence-electron chi connectivity index (χ2n) is 20.1. The lowest BCUT2D eigenvalue weighted by atomic mass is 9.89. The lowest BCUT2D eigenvalue weighted by Crippen LogP contribution is -2.38. The van der Waals surface area contributed by atoms with Crippen molar-refractivity contribution in [2.24, 2.45) is 5.41 Å². The molecule has 17 nitrogen and oxygen atoms in total. The first-order valence-electron chi connectivity index (χ1n) is 25.7. The van der Waals surface area contributed by atoms with Gasteiger partial charge in [-0.1, -0.05) is 55.4 Å². The number of esters is 1. The fourth-order valence-electron chi connectivity index (χ4n) is 9.48. The van der Waals surface area contributed by atoms with Gasteiger partial charge >= 0.3 is 11.9 Å². The first-order chi connectivity index (χ1) is 36.1. The zero-order chi connectivity index (χ0) is 53.6. The number of carbonyl (C=O) groups excluding carboxylic acids is 2. The zero-order valence-corrected chi connectivity index (χ0v) is 44.3. The van der Waals surface area contributed by atoms with Crippen molar-refractivity contribution >= 4 is 29.2 Å². The van der Waals surface area contributed by atoms with E-state index in [0.717, 1.165) is 65.0 Å². The number of ether oxygens (including phenoxy) is 4. The van der Waals surface area contributed by atoms with Crippen LogP contribution in [0.2, 0.25) is 0 Å². The standard InChI is InChI=1S/C29H37N3O5.C28H33FN4O5/c1-19-9-6-7-14-32(19)24-13-12-22(16-23(24)18-35-5)27-30-26(31-37-27)21-11-8-10-20(15-21)17-36-25(28(33)34)29(2,3)4;1-4-37-25(34)12-13-30-27(35)22-10-8-19(16-23(22)29)26-31-28(38-32-26)20-9-11-24(21(15-20)17-36-3)33-14-6-5-7-18(33)2/h8,10-13,15-16,19,25H,6-7,9,14,17-18H2,1-5H3,(H,33,34);8-11,15-16,18H,4-7,12-14,17H2,1-3H3,(H,30,35). The van der Waals surface area contributed by atoms with Crippen LogP contribution in [0.15, 0.2) is 87.9 Å². The minimum Gasteiger partial charge on any atom is -0.479 e. The van der Waals surface area contributed by atoms with Crippen LogP contribution in [0.4, 0.5) is 15.8 Å². The van der Waals surface area contributed by atoms with Crippen molar-refractivity contribution in [3.05, 3.63) is 107 Å². The summed E-state index contributed by atoms with van der Waals surface area (Å²) in [5, 5.41) is 20.3. The Bertz CT molecular complexity index is 2880. The molecule has 0 bridgehead atoms. The van der Waals surface area contributed by atoms with E-state index in [2.05, 4.69) is 67.4 Å². The second-order valence-corrected chi connectivity index (χ2v) is 20.1. The Labute approximate surface area is 438 Å². The molecular weight excluding hydrogens is 962 g/mol. The van der Waals surface area contributed by atoms with Crippen LogP contribution in [0.3, 0.4) is 0 Å². The molecule has 2 aromatic heterocycles. The Balaban J connectivity index is 0.000000219. The lowest BCUT2D eigenvalue weighted by molar-refractivity contribution is -0.159. The molecule has 8 rings (SSSR count). The molecule has 2 saturated heterocycles. The van der Waals surface area contributed by atoms with Gasteiger partial charge in [-0.25, -0.2) is 9.18 Å². The number of nitrogens with one attached hydrogen (secondary N) is 1. The van der Waals surface area contributed by atoms with Crippen LogP contribution in [0, 0.1) is 11.2 Å². The molecule has 18 heteroatoms. The Morgan fingerprint density at radius 3 is 1.79 bits per heavy atom. The number of nitrogens with zero attached hydrogens (tertiary/aromatic N) is 6. The second kappa shape index (κ2) is 26.0. The summed E-state index contributed by atoms with van der Waals surface area (Å²) in [6.45, 7) is 15.2. The van der Waals surface area contributed by atoms with Crippen LogP contribution < -0.4 is 15.1 Å². The van der Waals surface area contributed by atoms with Crippen molar-refractivity contribution < 1.29 is 51.9 Å². The van der Waals surface area contributed by atoms with Gasteiger partial charge in [0.1, 0.15) is 5.82 Å². The van der Waals surface area contributed by atoms with E-state index in [4.69, 9.17) is 28.0 Å². The molecule has 4 heterocycles. The highest BCUT2D eigenvalue weighted by molar-refractivity contribution is 5.95. The zero-order valence-electron chi connectivity index (χ0n) is 44.3. The van der Waals surface area contributed by atoms with Crippen LogP contribution in [0.5, 0.6) is 0 Å². The highest BCUT2D eigenvalue weighted by Gasteiger charge is 2.32. The van der Waals surface area contributed by atoms with Gasteiger partial charge in [0, 0.05) is 90.7 Å². The molecule has 75 heavy (non-hydrogen) atoms. The van der Waals surface area contributed by atoms with Crippen LogP contribution in [0.25, 0.3) is 45.7 Å². The third kappa shape index (κ3) is 14.4. The number of anilines is 2. The minimum atomic E-state index is -0.972. The highest BCUT2D eigenvalue weighted by Crippen LogP contribution is 2.35. The molecule has 400 valence electrons. The number of carbonyl (C=O) groups is 3. The summed E-state index contributed by atoms with van der Waals surface area (Å²) < 4.78 is 47.4. The molecule has 0 spiro atoms. The van der Waals surface area contributed by atoms with Gasteiger partial charge < -0.3 is 48.2 Å². The van der Waals surface area contributed by atoms with Gasteiger partial charge in [0.15, 0.2) is 6.10 Å². The van der Waals surface area contributed by atoms with Gasteiger partial charge in [-0.05, 0) is 125 Å². The van der Waals surface area contributed by atoms with Crippen molar-refractivity contribution in [2.45, 2.75) is 124 Å². The molecule has 3 unspecified atom stereocenters. The van der Waals surface area contributed by atoms with Crippen LogP contribution in [0.1, 0.15) is 114 Å². The number of carboxylic acid groups (broad SMARTS) is 1. The van der Waals surface area contributed by atoms with Gasteiger partial charge in [0.05, 0.1) is 38.4 Å². The predicted molar refractivity (Wildman–Crippen MR) is 282 cm³/mol. The van der Waals surface area contributed by atoms with Crippen LogP contribution in [-0.2, 0) is 48.4 Å². The topological polar surface area (TPSA) is 205 Å². The van der Waals surface area contributed by atoms with E-state index in [1.54, 1.807) is 27.2 Å². The Kier molecular flexibility index (Phi) is 19.3. The van der Waals surface area contributed by atoms with Crippen molar-refractivity contribution in [3.8, 4) is 45.7 Å². The smallest absolute Gasteiger partial charge is 0.333 e. The summed E-state index contributed by atoms with van der Waals surface area (Å²) in [5.41, 5.74) is 7.36. The molecule has 1 amide bonds. The highest BCUT2D eigenvalue weighted by atomic mass is 19.1. The molecule has 2 fully saturated rings. The maximum atomic E-state index is 14.8. The molecule has 2 aliphatic heterocycles. The van der Waals surface area contributed by atoms with E-state index < -0.39 is 35.2 Å². The van der Waals surface area contributed by atoms with Crippen LogP contribution in [-0.4, -0.2) is 102 Å². The molecule has 0 aliphatic carbocycles.